The lowest BCUT2D eigenvalue weighted by Gasteiger charge is -2.18. The topological polar surface area (TPSA) is 183 Å². The molecule has 54 heavy (non-hydrogen) atoms. The number of fused-ring (bicyclic) bond motifs is 2. The number of carboxylic acids is 2. The molecule has 1 unspecified atom stereocenters. The fourth-order valence-electron chi connectivity index (χ4n) is 6.38. The summed E-state index contributed by atoms with van der Waals surface area (Å²) < 4.78 is 5.88. The van der Waals surface area contributed by atoms with Crippen molar-refractivity contribution in [1.29, 1.82) is 0 Å². The molecule has 3 aromatic rings. The number of rotatable bonds is 20. The molecule has 1 atom stereocenters. The van der Waals surface area contributed by atoms with E-state index in [1.807, 2.05) is 30.3 Å². The quantitative estimate of drug-likeness (QED) is 0.0387. The number of aromatic hydroxyl groups is 1. The molecule has 0 fully saturated rings. The van der Waals surface area contributed by atoms with Gasteiger partial charge in [0.2, 0.25) is 5.91 Å². The van der Waals surface area contributed by atoms with Crippen LogP contribution in [0.2, 0.25) is 0 Å². The van der Waals surface area contributed by atoms with E-state index in [4.69, 9.17) is 9.52 Å². The lowest BCUT2D eigenvalue weighted by Crippen LogP contribution is -2.36. The highest BCUT2D eigenvalue weighted by Crippen LogP contribution is 2.42. The summed E-state index contributed by atoms with van der Waals surface area (Å²) in [4.78, 5) is 61.8. The number of phenolic OH excluding ortho intramolecular Hbond substituents is 1. The summed E-state index contributed by atoms with van der Waals surface area (Å²) in [6.07, 6.45) is 8.30. The predicted octanol–water partition coefficient (Wildman–Crippen LogP) is 7.88. The Labute approximate surface area is 317 Å². The molecule has 2 amide bonds. The van der Waals surface area contributed by atoms with Crippen molar-refractivity contribution >= 4 is 46.5 Å². The number of hydrogen-bond acceptors (Lipinski definition) is 8. The molecule has 0 spiro atoms. The van der Waals surface area contributed by atoms with Gasteiger partial charge < -0.3 is 30.4 Å². The molecule has 0 saturated heterocycles. The summed E-state index contributed by atoms with van der Waals surface area (Å²) in [7, 11) is 0. The van der Waals surface area contributed by atoms with Crippen molar-refractivity contribution in [3.63, 3.8) is 0 Å². The second-order valence-electron chi connectivity index (χ2n) is 13.1. The number of benzene rings is 4. The minimum Gasteiger partial charge on any atom is -0.508 e. The van der Waals surface area contributed by atoms with Crippen molar-refractivity contribution in [3.05, 3.63) is 112 Å². The molecule has 1 aliphatic carbocycles. The van der Waals surface area contributed by atoms with Crippen LogP contribution in [0.4, 0.5) is 0 Å². The Morgan fingerprint density at radius 1 is 0.722 bits per heavy atom. The number of amides is 2. The highest BCUT2D eigenvalue weighted by atomic mass is 32.2. The normalized spacial score (nSPS) is 11.7. The second kappa shape index (κ2) is 19.5. The minimum atomic E-state index is -1.26. The summed E-state index contributed by atoms with van der Waals surface area (Å²) in [5, 5.41) is 34.8. The maximum absolute atomic E-state index is 13.3. The van der Waals surface area contributed by atoms with E-state index in [-0.39, 0.29) is 59.1 Å². The van der Waals surface area contributed by atoms with Crippen LogP contribution >= 0.6 is 11.8 Å². The lowest BCUT2D eigenvalue weighted by atomic mass is 9.90. The number of unbranched alkanes of at least 4 members (excludes halogenated alkanes) is 7. The standard InChI is InChI=1S/C42H44N2O9S/c45-29-16-19-32-35(25-29)53-36-26-30(46)17-20-33(36)38(32)31-18-15-28(24-34(31)42(51)52)40(49)43-21-22-44-41(50)39(27-12-8-7-9-13-27)54-23-11-6-4-2-1-3-5-10-14-37(47)48/h7-9,12-13,15-20,24-26,39,45H,1-6,10-11,14,21-23H2,(H,43,49)(H,44,50)(H,47,48)(H,51,52). The molecule has 3 aromatic carbocycles. The van der Waals surface area contributed by atoms with E-state index in [9.17, 15) is 34.2 Å². The maximum atomic E-state index is 13.3. The molecule has 1 aliphatic heterocycles. The number of nitrogens with one attached hydrogen (secondary N) is 2. The molecule has 1 heterocycles. The third kappa shape index (κ3) is 10.7. The largest absolute Gasteiger partial charge is 0.508 e. The van der Waals surface area contributed by atoms with Gasteiger partial charge in [-0.3, -0.25) is 19.2 Å². The molecule has 0 bridgehead atoms. The van der Waals surface area contributed by atoms with Crippen LogP contribution in [0.15, 0.2) is 94.1 Å². The Hall–Kier alpha value is -5.62. The van der Waals surface area contributed by atoms with Crippen LogP contribution in [0.25, 0.3) is 33.4 Å². The minimum absolute atomic E-state index is 0.0621. The third-order valence-electron chi connectivity index (χ3n) is 9.08. The van der Waals surface area contributed by atoms with E-state index in [2.05, 4.69) is 10.6 Å². The average Bonchev–Trinajstić information content (AvgIpc) is 3.15. The summed E-state index contributed by atoms with van der Waals surface area (Å²) in [6.45, 7) is 0.290. The fraction of sp³-hybridized carbons (Fsp3) is 0.310. The summed E-state index contributed by atoms with van der Waals surface area (Å²) in [5.74, 6) is -1.70. The van der Waals surface area contributed by atoms with Crippen LogP contribution < -0.4 is 16.1 Å². The molecular formula is C42H44N2O9S. The zero-order chi connectivity index (χ0) is 38.5. The zero-order valence-electron chi connectivity index (χ0n) is 29.8. The van der Waals surface area contributed by atoms with Crippen molar-refractivity contribution in [2.75, 3.05) is 18.8 Å². The molecule has 11 nitrogen and oxygen atoms in total. The Morgan fingerprint density at radius 3 is 2.13 bits per heavy atom. The number of hydrogen-bond donors (Lipinski definition) is 5. The number of carbonyl (C=O) groups excluding carboxylic acids is 2. The predicted molar refractivity (Wildman–Crippen MR) is 209 cm³/mol. The van der Waals surface area contributed by atoms with Gasteiger partial charge in [-0.05, 0) is 66.1 Å². The Morgan fingerprint density at radius 2 is 1.41 bits per heavy atom. The Bertz CT molecular complexity index is 2110. The molecule has 282 valence electrons. The molecule has 0 radical (unpaired) electrons. The molecule has 5 rings (SSSR count). The summed E-state index contributed by atoms with van der Waals surface area (Å²) in [6, 6.07) is 22.6. The molecule has 5 N–H and O–H groups in total. The van der Waals surface area contributed by atoms with E-state index < -0.39 is 23.1 Å². The van der Waals surface area contributed by atoms with Crippen molar-refractivity contribution in [2.45, 2.75) is 63.0 Å². The Balaban J connectivity index is 1.17. The first-order chi connectivity index (χ1) is 26.1. The first-order valence-electron chi connectivity index (χ1n) is 18.1. The second-order valence-corrected chi connectivity index (χ2v) is 14.3. The van der Waals surface area contributed by atoms with Crippen LogP contribution in [0.5, 0.6) is 5.75 Å². The summed E-state index contributed by atoms with van der Waals surface area (Å²) in [5.41, 5.74) is 2.10. The Kier molecular flexibility index (Phi) is 14.3. The van der Waals surface area contributed by atoms with E-state index >= 15 is 0 Å². The monoisotopic (exact) mass is 752 g/mol. The highest BCUT2D eigenvalue weighted by molar-refractivity contribution is 8.00. The van der Waals surface area contributed by atoms with Crippen molar-refractivity contribution in [2.24, 2.45) is 0 Å². The average molecular weight is 753 g/mol. The number of aromatic carboxylic acids is 1. The van der Waals surface area contributed by atoms with E-state index in [1.165, 1.54) is 36.4 Å². The van der Waals surface area contributed by atoms with Gasteiger partial charge in [0.15, 0.2) is 5.43 Å². The summed E-state index contributed by atoms with van der Waals surface area (Å²) >= 11 is 1.58. The van der Waals surface area contributed by atoms with Crippen LogP contribution in [0.1, 0.15) is 89.3 Å². The number of phenols is 1. The van der Waals surface area contributed by atoms with Gasteiger partial charge in [0.1, 0.15) is 22.3 Å². The molecule has 2 aliphatic rings. The molecular weight excluding hydrogens is 709 g/mol. The van der Waals surface area contributed by atoms with Gasteiger partial charge in [0.25, 0.3) is 5.91 Å². The van der Waals surface area contributed by atoms with Crippen LogP contribution in [-0.4, -0.2) is 57.9 Å². The highest BCUT2D eigenvalue weighted by Gasteiger charge is 2.24. The van der Waals surface area contributed by atoms with Gasteiger partial charge in [-0.1, -0.05) is 74.9 Å². The fourth-order valence-corrected chi connectivity index (χ4v) is 7.57. The number of thioether (sulfide) groups is 1. The van der Waals surface area contributed by atoms with Gasteiger partial charge >= 0.3 is 11.9 Å². The van der Waals surface area contributed by atoms with Crippen LogP contribution in [0, 0.1) is 0 Å². The number of carboxylic acid groups (broad SMARTS) is 2. The smallest absolute Gasteiger partial charge is 0.336 e. The molecule has 0 saturated carbocycles. The number of aliphatic carboxylic acids is 1. The van der Waals surface area contributed by atoms with Crippen molar-refractivity contribution < 1.29 is 38.9 Å². The number of carbonyl (C=O) groups is 4. The van der Waals surface area contributed by atoms with Crippen molar-refractivity contribution in [3.8, 4) is 28.2 Å². The van der Waals surface area contributed by atoms with Crippen LogP contribution in [0.3, 0.4) is 0 Å². The van der Waals surface area contributed by atoms with Crippen molar-refractivity contribution in [1.82, 2.24) is 10.6 Å². The van der Waals surface area contributed by atoms with Gasteiger partial charge in [0, 0.05) is 53.7 Å². The lowest BCUT2D eigenvalue weighted by molar-refractivity contribution is -0.137. The van der Waals surface area contributed by atoms with Crippen LogP contribution in [-0.2, 0) is 9.59 Å². The van der Waals surface area contributed by atoms with Gasteiger partial charge in [-0.25, -0.2) is 4.79 Å². The zero-order valence-corrected chi connectivity index (χ0v) is 30.7. The first-order valence-corrected chi connectivity index (χ1v) is 19.2. The van der Waals surface area contributed by atoms with Gasteiger partial charge in [0.05, 0.1) is 5.56 Å². The first kappa shape index (κ1) is 39.6. The third-order valence-corrected chi connectivity index (χ3v) is 10.4. The SMILES string of the molecule is O=C(O)CCCCCCCCCCSC(C(=O)NCCNC(=O)c1ccc(-c2c3ccc(=O)cc-3oc3cc(O)ccc23)c(C(=O)O)c1)c1ccccc1. The van der Waals surface area contributed by atoms with E-state index in [0.29, 0.717) is 22.1 Å². The maximum Gasteiger partial charge on any atom is 0.336 e. The van der Waals surface area contributed by atoms with Gasteiger partial charge in [-0.15, -0.1) is 11.8 Å². The van der Waals surface area contributed by atoms with E-state index in [1.54, 1.807) is 30.0 Å². The molecule has 0 aromatic heterocycles. The van der Waals surface area contributed by atoms with E-state index in [0.717, 1.165) is 62.7 Å². The molecule has 12 heteroatoms. The van der Waals surface area contributed by atoms with Gasteiger partial charge in [-0.2, -0.15) is 0 Å².